The molecule has 4 rings (SSSR count). The number of thiophene rings is 1. The maximum absolute atomic E-state index is 6.28. The molecule has 0 radical (unpaired) electrons. The average molecular weight is 346 g/mol. The third-order valence-electron chi connectivity index (χ3n) is 6.13. The smallest absolute Gasteiger partial charge is 0.399 e. The summed E-state index contributed by atoms with van der Waals surface area (Å²) in [6.45, 7) is 12.7. The lowest BCUT2D eigenvalue weighted by Crippen LogP contribution is -2.41. The van der Waals surface area contributed by atoms with Crippen LogP contribution >= 0.6 is 11.3 Å². The Morgan fingerprint density at radius 3 is 2.25 bits per heavy atom. The maximum Gasteiger partial charge on any atom is 0.505 e. The molecule has 4 nitrogen and oxygen atoms in total. The van der Waals surface area contributed by atoms with Crippen LogP contribution in [0.3, 0.4) is 0 Å². The molecule has 0 N–H and O–H groups in total. The lowest BCUT2D eigenvalue weighted by Gasteiger charge is -2.32. The Morgan fingerprint density at radius 1 is 1.08 bits per heavy atom. The number of hydrogen-bond donors (Lipinski definition) is 0. The van der Waals surface area contributed by atoms with Gasteiger partial charge in [0, 0.05) is 10.8 Å². The maximum atomic E-state index is 6.28. The number of aromatic nitrogens is 2. The fraction of sp³-hybridized carbons (Fsp3) is 0.722. The third kappa shape index (κ3) is 2.30. The molecule has 0 bridgehead atoms. The van der Waals surface area contributed by atoms with E-state index in [-0.39, 0.29) is 18.3 Å². The SMILES string of the molecule is Cc1c(B2OC(C)(C)C(C)(C)O2)sc2c1nc(C)n2C1CCCC1. The first-order chi connectivity index (χ1) is 11.2. The van der Waals surface area contributed by atoms with Crippen molar-refractivity contribution in [1.82, 2.24) is 9.55 Å². The molecule has 1 aliphatic heterocycles. The van der Waals surface area contributed by atoms with E-state index in [1.54, 1.807) is 0 Å². The quantitative estimate of drug-likeness (QED) is 0.767. The summed E-state index contributed by atoms with van der Waals surface area (Å²) in [4.78, 5) is 6.18. The molecule has 0 spiro atoms. The highest BCUT2D eigenvalue weighted by Crippen LogP contribution is 2.40. The molecular weight excluding hydrogens is 319 g/mol. The summed E-state index contributed by atoms with van der Waals surface area (Å²) in [5, 5.41) is 0. The van der Waals surface area contributed by atoms with Crippen LogP contribution in [-0.2, 0) is 9.31 Å². The highest BCUT2D eigenvalue weighted by molar-refractivity contribution is 7.28. The molecule has 1 aliphatic carbocycles. The molecule has 2 aromatic rings. The fourth-order valence-corrected chi connectivity index (χ4v) is 5.26. The minimum Gasteiger partial charge on any atom is -0.399 e. The van der Waals surface area contributed by atoms with Gasteiger partial charge < -0.3 is 13.9 Å². The largest absolute Gasteiger partial charge is 0.505 e. The molecule has 1 saturated carbocycles. The Kier molecular flexibility index (Phi) is 3.69. The molecule has 0 unspecified atom stereocenters. The van der Waals surface area contributed by atoms with E-state index in [4.69, 9.17) is 14.3 Å². The third-order valence-corrected chi connectivity index (χ3v) is 7.43. The molecular formula is C18H27BN2O2S. The van der Waals surface area contributed by atoms with E-state index in [1.165, 1.54) is 40.9 Å². The summed E-state index contributed by atoms with van der Waals surface area (Å²) >= 11 is 1.81. The fourth-order valence-electron chi connectivity index (χ4n) is 3.93. The van der Waals surface area contributed by atoms with Gasteiger partial charge in [-0.3, -0.25) is 0 Å². The predicted molar refractivity (Wildman–Crippen MR) is 100 cm³/mol. The summed E-state index contributed by atoms with van der Waals surface area (Å²) in [6.07, 6.45) is 5.21. The van der Waals surface area contributed by atoms with E-state index in [1.807, 2.05) is 11.3 Å². The normalized spacial score (nSPS) is 23.7. The Morgan fingerprint density at radius 2 is 1.67 bits per heavy atom. The highest BCUT2D eigenvalue weighted by atomic mass is 32.1. The number of rotatable bonds is 2. The Labute approximate surface area is 148 Å². The first-order valence-corrected chi connectivity index (χ1v) is 9.86. The molecule has 1 saturated heterocycles. The molecule has 0 atom stereocenters. The van der Waals surface area contributed by atoms with Crippen molar-refractivity contribution >= 4 is 33.6 Å². The van der Waals surface area contributed by atoms with Gasteiger partial charge in [-0.25, -0.2) is 4.98 Å². The van der Waals surface area contributed by atoms with Crippen LogP contribution in [0.5, 0.6) is 0 Å². The van der Waals surface area contributed by atoms with Gasteiger partial charge in [0.15, 0.2) is 0 Å². The first kappa shape index (κ1) is 16.6. The van der Waals surface area contributed by atoms with Crippen LogP contribution in [0.15, 0.2) is 0 Å². The molecule has 24 heavy (non-hydrogen) atoms. The van der Waals surface area contributed by atoms with Crippen LogP contribution < -0.4 is 4.78 Å². The van der Waals surface area contributed by atoms with E-state index in [9.17, 15) is 0 Å². The monoisotopic (exact) mass is 346 g/mol. The van der Waals surface area contributed by atoms with Gasteiger partial charge in [0.25, 0.3) is 0 Å². The number of fused-ring (bicyclic) bond motifs is 1. The zero-order valence-corrected chi connectivity index (χ0v) is 16.4. The zero-order valence-electron chi connectivity index (χ0n) is 15.6. The van der Waals surface area contributed by atoms with Gasteiger partial charge in [-0.1, -0.05) is 12.8 Å². The summed E-state index contributed by atoms with van der Waals surface area (Å²) in [5.74, 6) is 1.15. The zero-order chi connectivity index (χ0) is 17.3. The first-order valence-electron chi connectivity index (χ1n) is 9.05. The van der Waals surface area contributed by atoms with Crippen molar-refractivity contribution in [3.8, 4) is 0 Å². The van der Waals surface area contributed by atoms with E-state index < -0.39 is 0 Å². The molecule has 2 aromatic heterocycles. The second-order valence-electron chi connectivity index (χ2n) is 8.30. The van der Waals surface area contributed by atoms with Crippen LogP contribution in [0.1, 0.15) is 70.8 Å². The van der Waals surface area contributed by atoms with Crippen molar-refractivity contribution in [2.45, 2.75) is 84.5 Å². The highest BCUT2D eigenvalue weighted by Gasteiger charge is 2.53. The van der Waals surface area contributed by atoms with Crippen LogP contribution in [-0.4, -0.2) is 27.9 Å². The Bertz CT molecular complexity index is 771. The number of nitrogens with zero attached hydrogens (tertiary/aromatic N) is 2. The number of hydrogen-bond acceptors (Lipinski definition) is 4. The van der Waals surface area contributed by atoms with E-state index >= 15 is 0 Å². The molecule has 0 amide bonds. The van der Waals surface area contributed by atoms with Gasteiger partial charge >= 0.3 is 7.12 Å². The number of aryl methyl sites for hydroxylation is 2. The van der Waals surface area contributed by atoms with Gasteiger partial charge in [-0.15, -0.1) is 11.3 Å². The average Bonchev–Trinajstić information content (AvgIpc) is 3.18. The van der Waals surface area contributed by atoms with Crippen LogP contribution in [0.25, 0.3) is 10.3 Å². The van der Waals surface area contributed by atoms with Gasteiger partial charge in [0.2, 0.25) is 0 Å². The lowest BCUT2D eigenvalue weighted by molar-refractivity contribution is 0.00578. The summed E-state index contributed by atoms with van der Waals surface area (Å²) in [6, 6.07) is 0.610. The van der Waals surface area contributed by atoms with Crippen molar-refractivity contribution in [3.05, 3.63) is 11.4 Å². The van der Waals surface area contributed by atoms with Crippen LogP contribution in [0.4, 0.5) is 0 Å². The van der Waals surface area contributed by atoms with Crippen molar-refractivity contribution in [1.29, 1.82) is 0 Å². The van der Waals surface area contributed by atoms with Gasteiger partial charge in [0.1, 0.15) is 16.2 Å². The molecule has 2 fully saturated rings. The second-order valence-corrected chi connectivity index (χ2v) is 9.33. The second kappa shape index (κ2) is 5.32. The van der Waals surface area contributed by atoms with Crippen molar-refractivity contribution < 1.29 is 9.31 Å². The van der Waals surface area contributed by atoms with Crippen LogP contribution in [0.2, 0.25) is 0 Å². The topological polar surface area (TPSA) is 36.3 Å². The van der Waals surface area contributed by atoms with Gasteiger partial charge in [0.05, 0.1) is 11.2 Å². The van der Waals surface area contributed by atoms with Crippen molar-refractivity contribution in [2.24, 2.45) is 0 Å². The molecule has 3 heterocycles. The Hall–Kier alpha value is -0.845. The molecule has 130 valence electrons. The predicted octanol–water partition coefficient (Wildman–Crippen LogP) is 4.13. The van der Waals surface area contributed by atoms with Gasteiger partial charge in [-0.05, 0) is 59.9 Å². The number of imidazole rings is 1. The lowest BCUT2D eigenvalue weighted by atomic mass is 9.85. The Balaban J connectivity index is 1.77. The minimum atomic E-state index is -0.303. The van der Waals surface area contributed by atoms with E-state index in [0.717, 1.165) is 11.3 Å². The molecule has 6 heteroatoms. The van der Waals surface area contributed by atoms with Crippen molar-refractivity contribution in [3.63, 3.8) is 0 Å². The van der Waals surface area contributed by atoms with E-state index in [0.29, 0.717) is 6.04 Å². The summed E-state index contributed by atoms with van der Waals surface area (Å²) < 4.78 is 16.2. The van der Waals surface area contributed by atoms with Gasteiger partial charge in [-0.2, -0.15) is 0 Å². The minimum absolute atomic E-state index is 0.286. The molecule has 0 aromatic carbocycles. The van der Waals surface area contributed by atoms with E-state index in [2.05, 4.69) is 46.1 Å². The van der Waals surface area contributed by atoms with Crippen molar-refractivity contribution in [2.75, 3.05) is 0 Å². The summed E-state index contributed by atoms with van der Waals surface area (Å²) in [7, 11) is -0.286. The standard InChI is InChI=1S/C18H27BN2O2S/c1-11-14-16(21(12(2)20-14)13-9-7-8-10-13)24-15(11)19-22-17(3,4)18(5,6)23-19/h13H,7-10H2,1-6H3. The van der Waals surface area contributed by atoms with Crippen LogP contribution in [0, 0.1) is 13.8 Å². The molecule has 2 aliphatic rings. The summed E-state index contributed by atoms with van der Waals surface area (Å²) in [5.41, 5.74) is 1.74.